The van der Waals surface area contributed by atoms with Gasteiger partial charge in [-0.05, 0) is 27.2 Å². The Hall–Kier alpha value is -0.740. The van der Waals surface area contributed by atoms with Crippen LogP contribution in [0.25, 0.3) is 0 Å². The molecule has 8 nitrogen and oxygen atoms in total. The van der Waals surface area contributed by atoms with Gasteiger partial charge in [0.15, 0.2) is 0 Å². The Balaban J connectivity index is 4.46. The van der Waals surface area contributed by atoms with Gasteiger partial charge in [-0.25, -0.2) is 0 Å². The van der Waals surface area contributed by atoms with E-state index in [-0.39, 0.29) is 13.0 Å². The van der Waals surface area contributed by atoms with E-state index >= 15 is 0 Å². The molecule has 0 aromatic carbocycles. The zero-order valence-corrected chi connectivity index (χ0v) is 13.2. The van der Waals surface area contributed by atoms with Crippen LogP contribution in [0.2, 0.25) is 0 Å². The van der Waals surface area contributed by atoms with Crippen molar-refractivity contribution in [1.29, 1.82) is 0 Å². The van der Waals surface area contributed by atoms with Crippen LogP contribution in [0.4, 0.5) is 0 Å². The summed E-state index contributed by atoms with van der Waals surface area (Å²) in [5.74, 6) is -0.654. The molecule has 9 heteroatoms. The van der Waals surface area contributed by atoms with E-state index in [4.69, 9.17) is 4.74 Å². The van der Waals surface area contributed by atoms with Gasteiger partial charge in [-0.2, -0.15) is 8.42 Å². The number of aliphatic hydroxyl groups is 1. The summed E-state index contributed by atoms with van der Waals surface area (Å²) in [7, 11) is -2.40. The minimum absolute atomic E-state index is 0.00427. The molecule has 0 aliphatic heterocycles. The quantitative estimate of drug-likeness (QED) is 0.353. The van der Waals surface area contributed by atoms with Crippen molar-refractivity contribution in [3.8, 4) is 0 Å². The van der Waals surface area contributed by atoms with Crippen molar-refractivity contribution >= 4 is 16.1 Å². The van der Waals surface area contributed by atoms with Gasteiger partial charge in [-0.1, -0.05) is 0 Å². The molecule has 2 N–H and O–H groups in total. The number of hydrogen-bond donors (Lipinski definition) is 2. The molecule has 0 fully saturated rings. The van der Waals surface area contributed by atoms with Gasteiger partial charge in [0.1, 0.15) is 6.04 Å². The third-order valence-electron chi connectivity index (χ3n) is 2.00. The van der Waals surface area contributed by atoms with Crippen LogP contribution in [-0.4, -0.2) is 57.5 Å². The maximum Gasteiger partial charge on any atom is 0.323 e. The summed E-state index contributed by atoms with van der Waals surface area (Å²) < 4.78 is 35.9. The molecule has 0 saturated carbocycles. The number of rotatable bonds is 8. The van der Waals surface area contributed by atoms with Crippen LogP contribution in [0.15, 0.2) is 0 Å². The van der Waals surface area contributed by atoms with Crippen molar-refractivity contribution in [2.75, 3.05) is 20.0 Å². The summed E-state index contributed by atoms with van der Waals surface area (Å²) in [6.45, 7) is 4.99. The number of methoxy groups -OCH3 is 1. The van der Waals surface area contributed by atoms with Crippen molar-refractivity contribution in [2.45, 2.75) is 45.2 Å². The molecule has 0 aromatic rings. The summed E-state index contributed by atoms with van der Waals surface area (Å²) in [4.78, 5) is 11.5. The summed E-state index contributed by atoms with van der Waals surface area (Å²) >= 11 is 0. The molecule has 0 bridgehead atoms. The van der Waals surface area contributed by atoms with Crippen molar-refractivity contribution < 1.29 is 32.0 Å². The lowest BCUT2D eigenvalue weighted by atomic mass is 10.2. The lowest BCUT2D eigenvalue weighted by Gasteiger charge is -2.27. The molecule has 2 unspecified atom stereocenters. The smallest absolute Gasteiger partial charge is 0.323 e. The van der Waals surface area contributed by atoms with Gasteiger partial charge >= 0.3 is 5.97 Å². The van der Waals surface area contributed by atoms with Gasteiger partial charge in [0.25, 0.3) is 10.1 Å². The minimum Gasteiger partial charge on any atom is -0.468 e. The molecule has 0 aromatic heterocycles. The summed E-state index contributed by atoms with van der Waals surface area (Å²) in [6.07, 6.45) is -0.479. The highest BCUT2D eigenvalue weighted by molar-refractivity contribution is 7.85. The Morgan fingerprint density at radius 2 is 1.90 bits per heavy atom. The van der Waals surface area contributed by atoms with Crippen LogP contribution in [0, 0.1) is 0 Å². The van der Waals surface area contributed by atoms with Crippen LogP contribution in [0.3, 0.4) is 0 Å². The highest BCUT2D eigenvalue weighted by Gasteiger charge is 2.25. The van der Waals surface area contributed by atoms with Gasteiger partial charge in [0, 0.05) is 0 Å². The Kier molecular flexibility index (Phi) is 7.60. The van der Waals surface area contributed by atoms with Crippen molar-refractivity contribution in [2.24, 2.45) is 0 Å². The Labute approximate surface area is 119 Å². The molecule has 120 valence electrons. The fourth-order valence-corrected chi connectivity index (χ4v) is 1.67. The molecular formula is C11H23NO7S. The summed E-state index contributed by atoms with van der Waals surface area (Å²) in [6, 6.07) is -0.945. The van der Waals surface area contributed by atoms with Gasteiger partial charge in [-0.3, -0.25) is 14.3 Å². The third-order valence-corrected chi connectivity index (χ3v) is 2.59. The second-order valence-corrected chi connectivity index (χ2v) is 6.78. The first kappa shape index (κ1) is 19.3. The first-order valence-electron chi connectivity index (χ1n) is 5.99. The van der Waals surface area contributed by atoms with Gasteiger partial charge in [0.05, 0.1) is 25.6 Å². The lowest BCUT2D eigenvalue weighted by Crippen LogP contribution is -2.48. The van der Waals surface area contributed by atoms with E-state index in [1.807, 2.05) is 0 Å². The second kappa shape index (κ2) is 7.89. The normalized spacial score (nSPS) is 15.7. The Bertz CT molecular complexity index is 401. The molecular weight excluding hydrogens is 290 g/mol. The molecule has 0 amide bonds. The van der Waals surface area contributed by atoms with Crippen LogP contribution in [-0.2, 0) is 28.6 Å². The number of carbonyl (C=O) groups is 1. The predicted molar refractivity (Wildman–Crippen MR) is 71.2 cm³/mol. The molecule has 0 aliphatic rings. The third kappa shape index (κ3) is 10.1. The molecule has 0 radical (unpaired) electrons. The SMILES string of the molecule is COC(=O)C(CCOS(C)(=O)=O)NC(O)OC(C)(C)C. The highest BCUT2D eigenvalue weighted by Crippen LogP contribution is 2.09. The molecule has 0 heterocycles. The molecule has 0 saturated heterocycles. The number of esters is 1. The van der Waals surface area contributed by atoms with Gasteiger partial charge in [0.2, 0.25) is 6.41 Å². The number of aliphatic hydroxyl groups excluding tert-OH is 1. The maximum absolute atomic E-state index is 11.5. The first-order valence-corrected chi connectivity index (χ1v) is 7.80. The van der Waals surface area contributed by atoms with Crippen LogP contribution < -0.4 is 5.32 Å². The fourth-order valence-electron chi connectivity index (χ4n) is 1.27. The molecule has 2 atom stereocenters. The van der Waals surface area contributed by atoms with Crippen molar-refractivity contribution in [3.63, 3.8) is 0 Å². The Morgan fingerprint density at radius 3 is 2.30 bits per heavy atom. The molecule has 20 heavy (non-hydrogen) atoms. The van der Waals surface area contributed by atoms with E-state index < -0.39 is 34.1 Å². The second-order valence-electron chi connectivity index (χ2n) is 5.14. The standard InChI is InChI=1S/C11H23NO7S/c1-11(2,3)19-10(14)12-8(9(13)17-4)6-7-18-20(5,15)16/h8,10,12,14H,6-7H2,1-5H3. The maximum atomic E-state index is 11.5. The lowest BCUT2D eigenvalue weighted by molar-refractivity contribution is -0.190. The van der Waals surface area contributed by atoms with Crippen molar-refractivity contribution in [3.05, 3.63) is 0 Å². The topological polar surface area (TPSA) is 111 Å². The zero-order valence-electron chi connectivity index (χ0n) is 12.4. The van der Waals surface area contributed by atoms with E-state index in [0.717, 1.165) is 6.26 Å². The van der Waals surface area contributed by atoms with Gasteiger partial charge in [-0.15, -0.1) is 0 Å². The summed E-state index contributed by atoms with van der Waals surface area (Å²) in [5.41, 5.74) is -0.615. The zero-order chi connectivity index (χ0) is 16.0. The number of nitrogens with one attached hydrogen (secondary N) is 1. The number of hydrogen-bond acceptors (Lipinski definition) is 8. The van der Waals surface area contributed by atoms with E-state index in [1.165, 1.54) is 7.11 Å². The van der Waals surface area contributed by atoms with Crippen LogP contribution >= 0.6 is 0 Å². The summed E-state index contributed by atoms with van der Waals surface area (Å²) in [5, 5.41) is 12.2. The van der Waals surface area contributed by atoms with Crippen LogP contribution in [0.1, 0.15) is 27.2 Å². The van der Waals surface area contributed by atoms with E-state index in [1.54, 1.807) is 20.8 Å². The number of carbonyl (C=O) groups excluding carboxylic acids is 1. The largest absolute Gasteiger partial charge is 0.468 e. The van der Waals surface area contributed by atoms with E-state index in [0.29, 0.717) is 0 Å². The highest BCUT2D eigenvalue weighted by atomic mass is 32.2. The minimum atomic E-state index is -3.58. The number of ether oxygens (including phenoxy) is 2. The Morgan fingerprint density at radius 1 is 1.35 bits per heavy atom. The average Bonchev–Trinajstić information content (AvgIpc) is 2.22. The van der Waals surface area contributed by atoms with Gasteiger partial charge < -0.3 is 14.6 Å². The fraction of sp³-hybridized carbons (Fsp3) is 0.909. The predicted octanol–water partition coefficient (Wildman–Crippen LogP) is -0.425. The van der Waals surface area contributed by atoms with E-state index in [9.17, 15) is 18.3 Å². The monoisotopic (exact) mass is 313 g/mol. The van der Waals surface area contributed by atoms with Crippen molar-refractivity contribution in [1.82, 2.24) is 5.32 Å². The van der Waals surface area contributed by atoms with Crippen LogP contribution in [0.5, 0.6) is 0 Å². The molecule has 0 spiro atoms. The first-order chi connectivity index (χ1) is 8.94. The molecule has 0 aliphatic carbocycles. The van der Waals surface area contributed by atoms with E-state index in [2.05, 4.69) is 14.2 Å². The molecule has 0 rings (SSSR count). The average molecular weight is 313 g/mol.